The van der Waals surface area contributed by atoms with Crippen molar-refractivity contribution < 1.29 is 9.47 Å². The van der Waals surface area contributed by atoms with Crippen molar-refractivity contribution in [3.63, 3.8) is 0 Å². The Labute approximate surface area is 112 Å². The van der Waals surface area contributed by atoms with Gasteiger partial charge in [-0.1, -0.05) is 38.1 Å². The van der Waals surface area contributed by atoms with Gasteiger partial charge in [-0.3, -0.25) is 0 Å². The minimum atomic E-state index is 0.281. The molecule has 0 saturated carbocycles. The van der Waals surface area contributed by atoms with Crippen LogP contribution in [-0.4, -0.2) is 12.2 Å². The number of benzene rings is 1. The lowest BCUT2D eigenvalue weighted by Gasteiger charge is -2.09. The fourth-order valence-electron chi connectivity index (χ4n) is 1.26. The number of ether oxygens (including phenoxy) is 2. The Morgan fingerprint density at radius 2 is 1.00 bits per heavy atom. The second-order valence-corrected chi connectivity index (χ2v) is 4.54. The van der Waals surface area contributed by atoms with Gasteiger partial charge in [0.2, 0.25) is 0 Å². The zero-order valence-electron chi connectivity index (χ0n) is 12.7. The van der Waals surface area contributed by atoms with Crippen LogP contribution in [-0.2, 0) is 22.7 Å². The van der Waals surface area contributed by atoms with Crippen molar-refractivity contribution in [3.05, 3.63) is 35.4 Å². The maximum absolute atomic E-state index is 5.53. The topological polar surface area (TPSA) is 18.5 Å². The van der Waals surface area contributed by atoms with Gasteiger partial charge in [-0.25, -0.2) is 0 Å². The van der Waals surface area contributed by atoms with E-state index in [1.807, 2.05) is 41.5 Å². The zero-order chi connectivity index (χ0) is 14.0. The second kappa shape index (κ2) is 10.1. The Hall–Kier alpha value is -0.860. The summed E-state index contributed by atoms with van der Waals surface area (Å²) in [7, 11) is 0. The maximum Gasteiger partial charge on any atom is 0.0720 e. The van der Waals surface area contributed by atoms with Crippen molar-refractivity contribution in [1.82, 2.24) is 0 Å². The number of rotatable bonds is 6. The van der Waals surface area contributed by atoms with E-state index in [1.54, 1.807) is 0 Å². The molecule has 0 radical (unpaired) electrons. The van der Waals surface area contributed by atoms with Gasteiger partial charge in [-0.2, -0.15) is 0 Å². The quantitative estimate of drug-likeness (QED) is 0.738. The Kier molecular flexibility index (Phi) is 9.62. The maximum atomic E-state index is 5.53. The summed E-state index contributed by atoms with van der Waals surface area (Å²) < 4.78 is 11.1. The van der Waals surface area contributed by atoms with E-state index in [4.69, 9.17) is 9.47 Å². The molecule has 0 bridgehead atoms. The molecule has 1 rings (SSSR count). The van der Waals surface area contributed by atoms with Gasteiger partial charge in [0.1, 0.15) is 0 Å². The lowest BCUT2D eigenvalue weighted by Crippen LogP contribution is -2.03. The third-order valence-corrected chi connectivity index (χ3v) is 2.19. The van der Waals surface area contributed by atoms with Crippen LogP contribution in [0.3, 0.4) is 0 Å². The fraction of sp³-hybridized carbons (Fsp3) is 0.625. The van der Waals surface area contributed by atoms with E-state index in [0.717, 1.165) is 0 Å². The first-order chi connectivity index (χ1) is 8.58. The minimum Gasteiger partial charge on any atom is -0.374 e. The fourth-order valence-corrected chi connectivity index (χ4v) is 1.26. The predicted molar refractivity (Wildman–Crippen MR) is 77.6 cm³/mol. The Morgan fingerprint density at radius 3 is 1.22 bits per heavy atom. The average molecular weight is 252 g/mol. The third kappa shape index (κ3) is 8.26. The van der Waals surface area contributed by atoms with Crippen LogP contribution in [0.25, 0.3) is 0 Å². The highest BCUT2D eigenvalue weighted by molar-refractivity contribution is 5.21. The molecule has 0 aliphatic carbocycles. The van der Waals surface area contributed by atoms with Crippen LogP contribution in [0.15, 0.2) is 24.3 Å². The number of hydrogen-bond donors (Lipinski definition) is 0. The van der Waals surface area contributed by atoms with Crippen LogP contribution in [0.4, 0.5) is 0 Å². The first kappa shape index (κ1) is 17.1. The summed E-state index contributed by atoms with van der Waals surface area (Å²) in [5.74, 6) is 0. The molecule has 2 heteroatoms. The Morgan fingerprint density at radius 1 is 0.722 bits per heavy atom. The van der Waals surface area contributed by atoms with Gasteiger partial charge in [0.25, 0.3) is 0 Å². The molecule has 1 aromatic rings. The van der Waals surface area contributed by atoms with Crippen LogP contribution in [0.1, 0.15) is 52.7 Å². The SMILES string of the molecule is CC.CC(C)OCc1ccc(COC(C)C)cc1. The van der Waals surface area contributed by atoms with Crippen molar-refractivity contribution >= 4 is 0 Å². The average Bonchev–Trinajstić information content (AvgIpc) is 2.37. The van der Waals surface area contributed by atoms with Crippen LogP contribution in [0.2, 0.25) is 0 Å². The van der Waals surface area contributed by atoms with Gasteiger partial charge >= 0.3 is 0 Å². The van der Waals surface area contributed by atoms with Crippen molar-refractivity contribution in [3.8, 4) is 0 Å². The van der Waals surface area contributed by atoms with E-state index in [1.165, 1.54) is 11.1 Å². The van der Waals surface area contributed by atoms with E-state index in [9.17, 15) is 0 Å². The normalized spacial score (nSPS) is 10.4. The predicted octanol–water partition coefficient (Wildman–Crippen LogP) is 4.56. The molecule has 104 valence electrons. The molecule has 0 atom stereocenters. The molecular formula is C16H28O2. The second-order valence-electron chi connectivity index (χ2n) is 4.54. The van der Waals surface area contributed by atoms with E-state index in [0.29, 0.717) is 13.2 Å². The molecule has 0 heterocycles. The van der Waals surface area contributed by atoms with Crippen LogP contribution >= 0.6 is 0 Å². The molecule has 0 N–H and O–H groups in total. The highest BCUT2D eigenvalue weighted by Gasteiger charge is 1.99. The summed E-state index contributed by atoms with van der Waals surface area (Å²) in [5, 5.41) is 0. The first-order valence-electron chi connectivity index (χ1n) is 6.89. The number of hydrogen-bond acceptors (Lipinski definition) is 2. The summed E-state index contributed by atoms with van der Waals surface area (Å²) in [5.41, 5.74) is 2.42. The van der Waals surface area contributed by atoms with E-state index in [2.05, 4.69) is 24.3 Å². The minimum absolute atomic E-state index is 0.281. The smallest absolute Gasteiger partial charge is 0.0720 e. The lowest BCUT2D eigenvalue weighted by molar-refractivity contribution is 0.0639. The van der Waals surface area contributed by atoms with Gasteiger partial charge in [-0.15, -0.1) is 0 Å². The molecule has 0 aromatic heterocycles. The summed E-state index contributed by atoms with van der Waals surface area (Å²) >= 11 is 0. The van der Waals surface area contributed by atoms with Gasteiger partial charge in [0.15, 0.2) is 0 Å². The van der Waals surface area contributed by atoms with E-state index >= 15 is 0 Å². The highest BCUT2D eigenvalue weighted by Crippen LogP contribution is 2.08. The molecule has 0 fully saturated rings. The third-order valence-electron chi connectivity index (χ3n) is 2.19. The van der Waals surface area contributed by atoms with E-state index in [-0.39, 0.29) is 12.2 Å². The molecule has 1 aromatic carbocycles. The molecule has 0 spiro atoms. The molecule has 0 aliphatic heterocycles. The van der Waals surface area contributed by atoms with E-state index < -0.39 is 0 Å². The molecule has 0 saturated heterocycles. The molecular weight excluding hydrogens is 224 g/mol. The molecule has 0 aliphatic rings. The van der Waals surface area contributed by atoms with Crippen molar-refractivity contribution in [2.24, 2.45) is 0 Å². The monoisotopic (exact) mass is 252 g/mol. The van der Waals surface area contributed by atoms with Gasteiger partial charge < -0.3 is 9.47 Å². The standard InChI is InChI=1S/C14H22O2.C2H6/c1-11(2)15-9-13-5-7-14(8-6-13)10-16-12(3)4;1-2/h5-8,11-12H,9-10H2,1-4H3;1-2H3. The van der Waals surface area contributed by atoms with Gasteiger partial charge in [0.05, 0.1) is 25.4 Å². The Balaban J connectivity index is 0.00000137. The molecule has 2 nitrogen and oxygen atoms in total. The van der Waals surface area contributed by atoms with Gasteiger partial charge in [0, 0.05) is 0 Å². The zero-order valence-corrected chi connectivity index (χ0v) is 12.7. The van der Waals surface area contributed by atoms with Crippen LogP contribution < -0.4 is 0 Å². The summed E-state index contributed by atoms with van der Waals surface area (Å²) in [4.78, 5) is 0. The lowest BCUT2D eigenvalue weighted by atomic mass is 10.1. The highest BCUT2D eigenvalue weighted by atomic mass is 16.5. The molecule has 0 amide bonds. The summed E-state index contributed by atoms with van der Waals surface area (Å²) in [6, 6.07) is 8.39. The van der Waals surface area contributed by atoms with Crippen LogP contribution in [0.5, 0.6) is 0 Å². The first-order valence-corrected chi connectivity index (χ1v) is 6.89. The Bertz CT molecular complexity index is 257. The van der Waals surface area contributed by atoms with Crippen molar-refractivity contribution in [2.75, 3.05) is 0 Å². The largest absolute Gasteiger partial charge is 0.374 e. The van der Waals surface area contributed by atoms with Gasteiger partial charge in [-0.05, 0) is 38.8 Å². The van der Waals surface area contributed by atoms with Crippen LogP contribution in [0, 0.1) is 0 Å². The molecule has 18 heavy (non-hydrogen) atoms. The molecule has 0 unspecified atom stereocenters. The summed E-state index contributed by atoms with van der Waals surface area (Å²) in [6.45, 7) is 13.6. The van der Waals surface area contributed by atoms with Crippen molar-refractivity contribution in [2.45, 2.75) is 67.0 Å². The summed E-state index contributed by atoms with van der Waals surface area (Å²) in [6.07, 6.45) is 0.563. The van der Waals surface area contributed by atoms with Crippen molar-refractivity contribution in [1.29, 1.82) is 0 Å².